The SMILES string of the molecule is Bc1c(B)c(B)c(-c2nc(-c3ccccc3)nc(-c3ccc4c(c3)sc3c(-n5c6ccccc6c6ccccc65)cccc34)n2)c(B)c1B. The Hall–Kier alpha value is -5.33. The minimum absolute atomic E-state index is 0.681. The second kappa shape index (κ2) is 11.4. The summed E-state index contributed by atoms with van der Waals surface area (Å²) in [7, 11) is 11.0. The summed E-state index contributed by atoms with van der Waals surface area (Å²) in [6.07, 6.45) is 0. The standard InChI is InChI=1S/C39H29B5N4S/c40-31-30(32(41)34(43)35(44)33(31)42)39-46-37(20-9-2-1-3-10-20)45-38(47-39)21-17-18-24-25-13-8-16-28(36(25)49-29(24)19-21)48-26-14-6-4-11-22(26)23-12-5-7-15-27(23)48/h1-19H,40-44H2. The van der Waals surface area contributed by atoms with Gasteiger partial charge in [0, 0.05) is 42.9 Å². The van der Waals surface area contributed by atoms with E-state index in [2.05, 4.69) is 141 Å². The minimum Gasteiger partial charge on any atom is -0.308 e. The van der Waals surface area contributed by atoms with Gasteiger partial charge in [-0.15, -0.1) is 27.7 Å². The third-order valence-electron chi connectivity index (χ3n) is 10.4. The molecule has 10 heteroatoms. The summed E-state index contributed by atoms with van der Waals surface area (Å²) in [5, 5.41) is 5.02. The molecule has 226 valence electrons. The van der Waals surface area contributed by atoms with Crippen LogP contribution in [0.3, 0.4) is 0 Å². The van der Waals surface area contributed by atoms with Crippen LogP contribution in [0.2, 0.25) is 0 Å². The molecule has 0 atom stereocenters. The Bertz CT molecular complexity index is 2710. The van der Waals surface area contributed by atoms with Crippen molar-refractivity contribution in [2.75, 3.05) is 0 Å². The van der Waals surface area contributed by atoms with Crippen LogP contribution in [-0.2, 0) is 0 Å². The summed E-state index contributed by atoms with van der Waals surface area (Å²) in [6.45, 7) is 0. The van der Waals surface area contributed by atoms with Crippen molar-refractivity contribution in [3.05, 3.63) is 115 Å². The fraction of sp³-hybridized carbons (Fsp3) is 0. The van der Waals surface area contributed by atoms with Gasteiger partial charge >= 0.3 is 0 Å². The van der Waals surface area contributed by atoms with E-state index in [0.717, 1.165) is 22.5 Å². The number of rotatable bonds is 4. The molecule has 9 rings (SSSR count). The Morgan fingerprint density at radius 3 is 1.67 bits per heavy atom. The Labute approximate surface area is 293 Å². The Balaban J connectivity index is 1.26. The number of fused-ring (bicyclic) bond motifs is 6. The summed E-state index contributed by atoms with van der Waals surface area (Å²) in [5.74, 6) is 2.08. The van der Waals surface area contributed by atoms with E-state index >= 15 is 0 Å². The van der Waals surface area contributed by atoms with E-state index in [-0.39, 0.29) is 0 Å². The first kappa shape index (κ1) is 29.8. The Morgan fingerprint density at radius 1 is 0.449 bits per heavy atom. The largest absolute Gasteiger partial charge is 0.308 e. The molecule has 0 saturated heterocycles. The Morgan fingerprint density at radius 2 is 1.00 bits per heavy atom. The zero-order valence-electron chi connectivity index (χ0n) is 28.2. The monoisotopic (exact) mass is 640 g/mol. The zero-order valence-corrected chi connectivity index (χ0v) is 29.0. The van der Waals surface area contributed by atoms with Crippen LogP contribution < -0.4 is 27.3 Å². The van der Waals surface area contributed by atoms with E-state index in [9.17, 15) is 0 Å². The lowest BCUT2D eigenvalue weighted by molar-refractivity contribution is 1.08. The molecule has 0 N–H and O–H groups in total. The van der Waals surface area contributed by atoms with Gasteiger partial charge in [0.15, 0.2) is 17.5 Å². The molecule has 0 aliphatic carbocycles. The number of hydrogen-bond donors (Lipinski definition) is 0. The average Bonchev–Trinajstić information content (AvgIpc) is 3.69. The van der Waals surface area contributed by atoms with Crippen molar-refractivity contribution >= 4 is 120 Å². The smallest absolute Gasteiger partial charge is 0.164 e. The van der Waals surface area contributed by atoms with Crippen LogP contribution in [-0.4, -0.2) is 58.8 Å². The van der Waals surface area contributed by atoms with Crippen LogP contribution in [0.15, 0.2) is 115 Å². The van der Waals surface area contributed by atoms with Crippen LogP contribution in [0.4, 0.5) is 0 Å². The number of aromatic nitrogens is 4. The van der Waals surface area contributed by atoms with Gasteiger partial charge in [-0.05, 0) is 24.3 Å². The summed E-state index contributed by atoms with van der Waals surface area (Å²) in [5.41, 5.74) is 13.0. The fourth-order valence-corrected chi connectivity index (χ4v) is 8.69. The highest BCUT2D eigenvalue weighted by Crippen LogP contribution is 2.41. The number of hydrogen-bond acceptors (Lipinski definition) is 4. The first-order chi connectivity index (χ1) is 23.9. The molecule has 0 aliphatic rings. The van der Waals surface area contributed by atoms with Crippen LogP contribution in [0.25, 0.3) is 81.8 Å². The van der Waals surface area contributed by atoms with Gasteiger partial charge in [-0.25, -0.2) is 15.0 Å². The number of para-hydroxylation sites is 2. The molecular weight excluding hydrogens is 611 g/mol. The van der Waals surface area contributed by atoms with Crippen molar-refractivity contribution < 1.29 is 0 Å². The van der Waals surface area contributed by atoms with E-state index in [1.54, 1.807) is 0 Å². The molecule has 4 nitrogen and oxygen atoms in total. The summed E-state index contributed by atoms with van der Waals surface area (Å²) < 4.78 is 4.89. The van der Waals surface area contributed by atoms with Crippen molar-refractivity contribution in [3.63, 3.8) is 0 Å². The zero-order chi connectivity index (χ0) is 33.4. The highest BCUT2D eigenvalue weighted by molar-refractivity contribution is 7.26. The molecule has 0 aliphatic heterocycles. The first-order valence-electron chi connectivity index (χ1n) is 16.7. The summed E-state index contributed by atoms with van der Waals surface area (Å²) >= 11 is 1.83. The highest BCUT2D eigenvalue weighted by atomic mass is 32.1. The number of thiophene rings is 1. The molecule has 0 radical (unpaired) electrons. The van der Waals surface area contributed by atoms with Gasteiger partial charge in [0.25, 0.3) is 0 Å². The van der Waals surface area contributed by atoms with E-state index in [0.29, 0.717) is 11.6 Å². The molecule has 6 aromatic carbocycles. The third-order valence-corrected chi connectivity index (χ3v) is 11.6. The van der Waals surface area contributed by atoms with E-state index in [1.807, 2.05) is 29.5 Å². The maximum absolute atomic E-state index is 5.20. The molecule has 49 heavy (non-hydrogen) atoms. The van der Waals surface area contributed by atoms with Gasteiger partial charge in [0.2, 0.25) is 0 Å². The van der Waals surface area contributed by atoms with Gasteiger partial charge in [0.05, 0.1) is 21.4 Å². The maximum Gasteiger partial charge on any atom is 0.164 e. The Kier molecular flexibility index (Phi) is 6.92. The van der Waals surface area contributed by atoms with Crippen molar-refractivity contribution in [1.29, 1.82) is 0 Å². The van der Waals surface area contributed by atoms with Gasteiger partial charge in [-0.1, -0.05) is 102 Å². The third kappa shape index (κ3) is 4.62. The van der Waals surface area contributed by atoms with Crippen molar-refractivity contribution in [2.24, 2.45) is 0 Å². The van der Waals surface area contributed by atoms with Crippen molar-refractivity contribution in [3.8, 4) is 39.9 Å². The van der Waals surface area contributed by atoms with Crippen LogP contribution in [0, 0.1) is 0 Å². The van der Waals surface area contributed by atoms with E-state index in [1.165, 1.54) is 75.0 Å². The molecule has 0 spiro atoms. The highest BCUT2D eigenvalue weighted by Gasteiger charge is 2.20. The molecule has 3 heterocycles. The lowest BCUT2D eigenvalue weighted by atomic mass is 9.60. The van der Waals surface area contributed by atoms with Crippen LogP contribution in [0.5, 0.6) is 0 Å². The normalized spacial score (nSPS) is 11.7. The predicted molar refractivity (Wildman–Crippen MR) is 224 cm³/mol. The van der Waals surface area contributed by atoms with Gasteiger partial charge in [-0.2, -0.15) is 0 Å². The number of benzene rings is 6. The molecule has 3 aromatic heterocycles. The van der Waals surface area contributed by atoms with Crippen LogP contribution in [0.1, 0.15) is 0 Å². The second-order valence-electron chi connectivity index (χ2n) is 13.0. The molecule has 0 saturated carbocycles. The first-order valence-corrected chi connectivity index (χ1v) is 17.5. The lowest BCUT2D eigenvalue weighted by Gasteiger charge is -2.20. The topological polar surface area (TPSA) is 43.6 Å². The van der Waals surface area contributed by atoms with Gasteiger partial charge < -0.3 is 4.57 Å². The minimum atomic E-state index is 0.681. The maximum atomic E-state index is 5.20. The van der Waals surface area contributed by atoms with E-state index < -0.39 is 0 Å². The fourth-order valence-electron chi connectivity index (χ4n) is 7.45. The molecule has 0 fully saturated rings. The van der Waals surface area contributed by atoms with Gasteiger partial charge in [0.1, 0.15) is 39.2 Å². The molecular formula is C39H29B5N4S. The number of nitrogens with zero attached hydrogens (tertiary/aromatic N) is 4. The second-order valence-corrected chi connectivity index (χ2v) is 14.1. The van der Waals surface area contributed by atoms with Crippen LogP contribution >= 0.6 is 11.3 Å². The summed E-state index contributed by atoms with van der Waals surface area (Å²) in [6, 6.07) is 41.0. The molecule has 9 aromatic rings. The van der Waals surface area contributed by atoms with Crippen molar-refractivity contribution in [1.82, 2.24) is 19.5 Å². The quantitative estimate of drug-likeness (QED) is 0.275. The molecule has 0 amide bonds. The van der Waals surface area contributed by atoms with Crippen molar-refractivity contribution in [2.45, 2.75) is 0 Å². The van der Waals surface area contributed by atoms with Gasteiger partial charge in [-0.3, -0.25) is 0 Å². The lowest BCUT2D eigenvalue weighted by Crippen LogP contribution is -2.55. The average molecular weight is 640 g/mol. The molecule has 0 unspecified atom stereocenters. The van der Waals surface area contributed by atoms with E-state index in [4.69, 9.17) is 15.0 Å². The molecule has 0 bridgehead atoms. The summed E-state index contributed by atoms with van der Waals surface area (Å²) in [4.78, 5) is 15.4. The predicted octanol–water partition coefficient (Wildman–Crippen LogP) is 1.63.